The molecule has 0 aromatic heterocycles. The van der Waals surface area contributed by atoms with Gasteiger partial charge in [0, 0.05) is 5.75 Å². The highest BCUT2D eigenvalue weighted by Gasteiger charge is 2.40. The van der Waals surface area contributed by atoms with Crippen molar-refractivity contribution in [1.29, 1.82) is 0 Å². The van der Waals surface area contributed by atoms with Gasteiger partial charge in [-0.05, 0) is 53.9 Å². The minimum atomic E-state index is -0.348. The minimum absolute atomic E-state index is 0.0714. The first-order valence-electron chi connectivity index (χ1n) is 8.56. The summed E-state index contributed by atoms with van der Waals surface area (Å²) in [5.74, 6) is 0.0165. The number of aliphatic imine (C=N–C) groups is 2. The number of amides is 1. The van der Waals surface area contributed by atoms with Crippen LogP contribution in [0.4, 0.5) is 0 Å². The molecule has 4 rings (SSSR count). The number of thioether (sulfide) groups is 2. The van der Waals surface area contributed by atoms with Gasteiger partial charge in [-0.2, -0.15) is 4.99 Å². The van der Waals surface area contributed by atoms with Crippen molar-refractivity contribution in [3.05, 3.63) is 45.9 Å². The van der Waals surface area contributed by atoms with E-state index in [2.05, 4.69) is 9.98 Å². The van der Waals surface area contributed by atoms with E-state index in [0.29, 0.717) is 16.5 Å². The highest BCUT2D eigenvalue weighted by atomic mass is 32.2. The Morgan fingerprint density at radius 1 is 1.23 bits per heavy atom. The number of carbonyl (C=O) groups is 2. The van der Waals surface area contributed by atoms with E-state index in [1.807, 2.05) is 12.1 Å². The number of rotatable bonds is 3. The van der Waals surface area contributed by atoms with Crippen LogP contribution in [0.5, 0.6) is 0 Å². The Bertz CT molecular complexity index is 856. The number of fused-ring (bicyclic) bond motifs is 2. The Balaban J connectivity index is 1.42. The van der Waals surface area contributed by atoms with Crippen molar-refractivity contribution in [3.8, 4) is 0 Å². The molecule has 2 aliphatic heterocycles. The monoisotopic (exact) mass is 386 g/mol. The van der Waals surface area contributed by atoms with Crippen LogP contribution < -0.4 is 0 Å². The Hall–Kier alpha value is -1.86. The van der Waals surface area contributed by atoms with Gasteiger partial charge in [-0.1, -0.05) is 35.7 Å². The number of hydrogen-bond acceptors (Lipinski definition) is 6. The summed E-state index contributed by atoms with van der Waals surface area (Å²) in [5.41, 5.74) is 2.82. The second-order valence-electron chi connectivity index (χ2n) is 6.35. The van der Waals surface area contributed by atoms with Crippen molar-refractivity contribution in [3.63, 3.8) is 0 Å². The molecule has 0 N–H and O–H groups in total. The molecule has 134 valence electrons. The van der Waals surface area contributed by atoms with E-state index >= 15 is 0 Å². The van der Waals surface area contributed by atoms with Crippen molar-refractivity contribution in [2.24, 2.45) is 15.9 Å². The molecule has 3 aliphatic rings. The molecule has 1 aromatic carbocycles. The molecule has 0 saturated heterocycles. The van der Waals surface area contributed by atoms with Crippen molar-refractivity contribution in [2.75, 3.05) is 7.11 Å². The van der Waals surface area contributed by atoms with Crippen LogP contribution in [0.3, 0.4) is 0 Å². The Morgan fingerprint density at radius 3 is 2.77 bits per heavy atom. The van der Waals surface area contributed by atoms with Crippen molar-refractivity contribution in [2.45, 2.75) is 31.4 Å². The largest absolute Gasteiger partial charge is 0.465 e. The van der Waals surface area contributed by atoms with Gasteiger partial charge < -0.3 is 4.74 Å². The Kier molecular flexibility index (Phi) is 5.00. The van der Waals surface area contributed by atoms with Gasteiger partial charge in [0.25, 0.3) is 5.91 Å². The maximum absolute atomic E-state index is 12.5. The summed E-state index contributed by atoms with van der Waals surface area (Å²) in [7, 11) is 1.37. The lowest BCUT2D eigenvalue weighted by Crippen LogP contribution is -2.25. The van der Waals surface area contributed by atoms with Gasteiger partial charge in [-0.3, -0.25) is 4.79 Å². The van der Waals surface area contributed by atoms with E-state index in [0.717, 1.165) is 29.9 Å². The van der Waals surface area contributed by atoms with Gasteiger partial charge in [-0.15, -0.1) is 0 Å². The third-order valence-electron chi connectivity index (χ3n) is 4.68. The van der Waals surface area contributed by atoms with Crippen LogP contribution in [0.1, 0.15) is 41.6 Å². The maximum atomic E-state index is 12.5. The average Bonchev–Trinajstić information content (AvgIpc) is 3.05. The molecule has 7 heteroatoms. The standard InChI is InChI=1S/C19H18N2O3S2/c1-24-18(23)12-8-6-11(7-9-12)10-25-19-20-16(22)15-13-4-2-3-5-14(13)26-17(15)21-19/h6-9,15H,2-5,10H2,1H3. The number of amidine groups is 1. The highest BCUT2D eigenvalue weighted by molar-refractivity contribution is 8.18. The smallest absolute Gasteiger partial charge is 0.337 e. The van der Waals surface area contributed by atoms with Crippen LogP contribution in [0.2, 0.25) is 0 Å². The summed E-state index contributed by atoms with van der Waals surface area (Å²) in [6.07, 6.45) is 4.42. The molecule has 2 heterocycles. The number of esters is 1. The molecule has 0 bridgehead atoms. The van der Waals surface area contributed by atoms with Gasteiger partial charge >= 0.3 is 5.97 Å². The topological polar surface area (TPSA) is 68.1 Å². The predicted octanol–water partition coefficient (Wildman–Crippen LogP) is 4.19. The summed E-state index contributed by atoms with van der Waals surface area (Å²) in [4.78, 5) is 34.2. The molecule has 5 nitrogen and oxygen atoms in total. The first-order valence-corrected chi connectivity index (χ1v) is 10.4. The third-order valence-corrected chi connectivity index (χ3v) is 6.85. The normalized spacial score (nSPS) is 21.7. The van der Waals surface area contributed by atoms with Crippen molar-refractivity contribution in [1.82, 2.24) is 0 Å². The van der Waals surface area contributed by atoms with Crippen LogP contribution in [0.25, 0.3) is 0 Å². The average molecular weight is 386 g/mol. The quantitative estimate of drug-likeness (QED) is 0.729. The van der Waals surface area contributed by atoms with Crippen LogP contribution in [0.15, 0.2) is 44.7 Å². The lowest BCUT2D eigenvalue weighted by Gasteiger charge is -2.18. The zero-order chi connectivity index (χ0) is 18.1. The number of benzene rings is 1. The fourth-order valence-electron chi connectivity index (χ4n) is 3.34. The van der Waals surface area contributed by atoms with E-state index in [-0.39, 0.29) is 17.8 Å². The minimum Gasteiger partial charge on any atom is -0.465 e. The molecule has 1 aliphatic carbocycles. The number of ether oxygens (including phenoxy) is 1. The first-order chi connectivity index (χ1) is 12.7. The molecule has 1 atom stereocenters. The van der Waals surface area contributed by atoms with Crippen molar-refractivity contribution >= 4 is 45.6 Å². The number of hydrogen-bond donors (Lipinski definition) is 0. The maximum Gasteiger partial charge on any atom is 0.337 e. The van der Waals surface area contributed by atoms with Crippen LogP contribution >= 0.6 is 23.5 Å². The number of methoxy groups -OCH3 is 1. The van der Waals surface area contributed by atoms with Crippen LogP contribution in [-0.2, 0) is 15.3 Å². The summed E-state index contributed by atoms with van der Waals surface area (Å²) >= 11 is 3.13. The summed E-state index contributed by atoms with van der Waals surface area (Å²) in [6.45, 7) is 0. The van der Waals surface area contributed by atoms with Gasteiger partial charge in [0.1, 0.15) is 5.92 Å². The zero-order valence-electron chi connectivity index (χ0n) is 14.4. The third kappa shape index (κ3) is 3.38. The molecular weight excluding hydrogens is 368 g/mol. The molecule has 1 amide bonds. The summed E-state index contributed by atoms with van der Waals surface area (Å²) < 4.78 is 4.70. The molecule has 1 unspecified atom stereocenters. The zero-order valence-corrected chi connectivity index (χ0v) is 16.0. The lowest BCUT2D eigenvalue weighted by atomic mass is 9.89. The van der Waals surface area contributed by atoms with Crippen LogP contribution in [-0.4, -0.2) is 29.2 Å². The highest BCUT2D eigenvalue weighted by Crippen LogP contribution is 2.47. The molecule has 0 saturated carbocycles. The molecule has 26 heavy (non-hydrogen) atoms. The van der Waals surface area contributed by atoms with E-state index < -0.39 is 0 Å². The molecule has 0 spiro atoms. The van der Waals surface area contributed by atoms with Gasteiger partial charge in [0.15, 0.2) is 5.17 Å². The molecule has 1 aromatic rings. The summed E-state index contributed by atoms with van der Waals surface area (Å²) in [6, 6.07) is 7.24. The van der Waals surface area contributed by atoms with E-state index in [1.54, 1.807) is 23.9 Å². The number of nitrogens with zero attached hydrogens (tertiary/aromatic N) is 2. The van der Waals surface area contributed by atoms with E-state index in [4.69, 9.17) is 4.74 Å². The Morgan fingerprint density at radius 2 is 2.00 bits per heavy atom. The molecule has 0 radical (unpaired) electrons. The van der Waals surface area contributed by atoms with Gasteiger partial charge in [0.2, 0.25) is 0 Å². The predicted molar refractivity (Wildman–Crippen MR) is 106 cm³/mol. The fourth-order valence-corrected chi connectivity index (χ4v) is 5.55. The lowest BCUT2D eigenvalue weighted by molar-refractivity contribution is -0.118. The Labute approximate surface area is 160 Å². The van der Waals surface area contributed by atoms with Crippen LogP contribution in [0, 0.1) is 5.92 Å². The fraction of sp³-hybridized carbons (Fsp3) is 0.368. The second-order valence-corrected chi connectivity index (χ2v) is 8.41. The van der Waals surface area contributed by atoms with E-state index in [9.17, 15) is 9.59 Å². The second kappa shape index (κ2) is 7.40. The SMILES string of the molecule is COC(=O)c1ccc(CSC2=NC(=O)C3C(=N2)SC2=C3CCCC2)cc1. The van der Waals surface area contributed by atoms with Gasteiger partial charge in [-0.25, -0.2) is 9.79 Å². The van der Waals surface area contributed by atoms with Gasteiger partial charge in [0.05, 0.1) is 17.7 Å². The molecule has 0 fully saturated rings. The van der Waals surface area contributed by atoms with Crippen molar-refractivity contribution < 1.29 is 14.3 Å². The van der Waals surface area contributed by atoms with E-state index in [1.165, 1.54) is 35.8 Å². The summed E-state index contributed by atoms with van der Waals surface area (Å²) in [5, 5.41) is 1.44. The number of allylic oxidation sites excluding steroid dienone is 1. The first kappa shape index (κ1) is 17.5. The molecular formula is C19H18N2O3S2. The number of carbonyl (C=O) groups excluding carboxylic acids is 2.